The molecule has 1 aromatic rings. The van der Waals surface area contributed by atoms with E-state index >= 15 is 0 Å². The largest absolute Gasteiger partial charge is 0.444 e. The molecule has 15 heavy (non-hydrogen) atoms. The van der Waals surface area contributed by atoms with E-state index in [4.69, 9.17) is 20.9 Å². The molecule has 1 aromatic carbocycles. The normalized spacial score (nSPS) is 16.7. The third kappa shape index (κ3) is 4.03. The summed E-state index contributed by atoms with van der Waals surface area (Å²) in [7, 11) is 0.572. The highest BCUT2D eigenvalue weighted by atomic mass is 32.5. The molecule has 3 nitrogen and oxygen atoms in total. The highest BCUT2D eigenvalue weighted by molar-refractivity contribution is 8.09. The van der Waals surface area contributed by atoms with E-state index in [1.54, 1.807) is 37.2 Å². The van der Waals surface area contributed by atoms with E-state index in [0.29, 0.717) is 5.75 Å². The Morgan fingerprint density at radius 3 is 2.27 bits per heavy atom. The molecule has 0 aromatic heterocycles. The molecular formula is C9H13O3PS2. The summed E-state index contributed by atoms with van der Waals surface area (Å²) in [6, 6.07) is 7.02. The first kappa shape index (κ1) is 12.8. The van der Waals surface area contributed by atoms with E-state index in [2.05, 4.69) is 0 Å². The molecule has 0 spiro atoms. The summed E-state index contributed by atoms with van der Waals surface area (Å²) in [6.45, 7) is -0.419. The van der Waals surface area contributed by atoms with Gasteiger partial charge in [-0.1, -0.05) is 0 Å². The number of hydrogen-bond donors (Lipinski definition) is 0. The fourth-order valence-electron chi connectivity index (χ4n) is 0.921. The van der Waals surface area contributed by atoms with Gasteiger partial charge in [0.2, 0.25) is 6.49 Å². The second-order valence-electron chi connectivity index (χ2n) is 2.97. The van der Waals surface area contributed by atoms with Crippen molar-refractivity contribution in [1.29, 1.82) is 0 Å². The topological polar surface area (TPSA) is 35.5 Å². The maximum atomic E-state index is 11.1. The second kappa shape index (κ2) is 5.21. The van der Waals surface area contributed by atoms with Crippen LogP contribution in [-0.4, -0.2) is 24.2 Å². The summed E-state index contributed by atoms with van der Waals surface area (Å²) in [5.74, 6) is 0.650. The van der Waals surface area contributed by atoms with Crippen LogP contribution in [0.25, 0.3) is 0 Å². The van der Waals surface area contributed by atoms with Crippen molar-refractivity contribution in [3.05, 3.63) is 24.3 Å². The Bertz CT molecular complexity index is 402. The molecular weight excluding hydrogens is 251 g/mol. The molecule has 0 saturated carbocycles. The van der Waals surface area contributed by atoms with Crippen molar-refractivity contribution in [2.45, 2.75) is 4.90 Å². The van der Waals surface area contributed by atoms with E-state index in [-0.39, 0.29) is 0 Å². The lowest BCUT2D eigenvalue weighted by Crippen LogP contribution is -1.93. The minimum atomic E-state index is -2.18. The van der Waals surface area contributed by atoms with Crippen LogP contribution in [-0.2, 0) is 27.1 Å². The molecule has 84 valence electrons. The van der Waals surface area contributed by atoms with Gasteiger partial charge < -0.3 is 9.05 Å². The lowest BCUT2D eigenvalue weighted by Gasteiger charge is -2.16. The van der Waals surface area contributed by atoms with E-state index in [9.17, 15) is 4.21 Å². The Morgan fingerprint density at radius 2 is 1.87 bits per heavy atom. The summed E-state index contributed by atoms with van der Waals surface area (Å²) < 4.78 is 21.7. The number of rotatable bonds is 4. The highest BCUT2D eigenvalue weighted by Crippen LogP contribution is 2.43. The Morgan fingerprint density at radius 1 is 1.33 bits per heavy atom. The minimum Gasteiger partial charge on any atom is -0.444 e. The van der Waals surface area contributed by atoms with Gasteiger partial charge in [0.15, 0.2) is 0 Å². The number of hydrogen-bond acceptors (Lipinski definition) is 4. The van der Waals surface area contributed by atoms with Crippen molar-refractivity contribution < 1.29 is 13.3 Å². The molecule has 0 aliphatic rings. The first-order chi connectivity index (χ1) is 6.94. The van der Waals surface area contributed by atoms with Crippen molar-refractivity contribution in [3.63, 3.8) is 0 Å². The van der Waals surface area contributed by atoms with Gasteiger partial charge in [-0.05, 0) is 36.1 Å². The second-order valence-corrected chi connectivity index (χ2v) is 8.43. The standard InChI is InChI=1S/C9H13O3PS2/c1-11-13(2,14)12-8-4-6-9(7-5-8)15(3)10/h4-7H,1-3H3. The van der Waals surface area contributed by atoms with Gasteiger partial charge in [-0.2, -0.15) is 0 Å². The predicted octanol–water partition coefficient (Wildman–Crippen LogP) is 2.39. The molecule has 0 aliphatic heterocycles. The summed E-state index contributed by atoms with van der Waals surface area (Å²) in [6.07, 6.45) is 1.63. The van der Waals surface area contributed by atoms with Gasteiger partial charge in [-0.25, -0.2) is 0 Å². The van der Waals surface area contributed by atoms with Gasteiger partial charge in [0, 0.05) is 35.7 Å². The molecule has 0 heterocycles. The van der Waals surface area contributed by atoms with Crippen LogP contribution in [0.1, 0.15) is 0 Å². The van der Waals surface area contributed by atoms with E-state index < -0.39 is 17.3 Å². The zero-order valence-electron chi connectivity index (χ0n) is 8.80. The zero-order valence-corrected chi connectivity index (χ0v) is 11.3. The maximum Gasteiger partial charge on any atom is 0.234 e. The predicted molar refractivity (Wildman–Crippen MR) is 66.6 cm³/mol. The Labute approximate surface area is 97.4 Å². The van der Waals surface area contributed by atoms with Crippen LogP contribution in [0, 0.1) is 0 Å². The summed E-state index contributed by atoms with van der Waals surface area (Å²) in [5.41, 5.74) is 0. The molecule has 0 aliphatic carbocycles. The van der Waals surface area contributed by atoms with Crippen LogP contribution >= 0.6 is 6.49 Å². The highest BCUT2D eigenvalue weighted by Gasteiger charge is 2.10. The van der Waals surface area contributed by atoms with E-state index in [0.717, 1.165) is 4.90 Å². The van der Waals surface area contributed by atoms with Gasteiger partial charge in [-0.15, -0.1) is 0 Å². The van der Waals surface area contributed by atoms with Crippen LogP contribution in [0.2, 0.25) is 0 Å². The van der Waals surface area contributed by atoms with Gasteiger partial charge in [-0.3, -0.25) is 4.21 Å². The summed E-state index contributed by atoms with van der Waals surface area (Å²) >= 11 is 5.12. The van der Waals surface area contributed by atoms with Crippen molar-refractivity contribution in [1.82, 2.24) is 0 Å². The third-order valence-electron chi connectivity index (χ3n) is 1.76. The van der Waals surface area contributed by atoms with Gasteiger partial charge in [0.05, 0.1) is 0 Å². The van der Waals surface area contributed by atoms with Crippen molar-refractivity contribution in [3.8, 4) is 5.75 Å². The maximum absolute atomic E-state index is 11.1. The van der Waals surface area contributed by atoms with Crippen LogP contribution in [0.5, 0.6) is 5.75 Å². The molecule has 1 rings (SSSR count). The lowest BCUT2D eigenvalue weighted by molar-refractivity contribution is 0.398. The summed E-state index contributed by atoms with van der Waals surface area (Å²) in [4.78, 5) is 0.768. The average Bonchev–Trinajstić information content (AvgIpc) is 2.18. The third-order valence-corrected chi connectivity index (χ3v) is 4.57. The molecule has 2 atom stereocenters. The fourth-order valence-corrected chi connectivity index (χ4v) is 2.28. The first-order valence-electron chi connectivity index (χ1n) is 4.21. The molecule has 6 heteroatoms. The van der Waals surface area contributed by atoms with Crippen molar-refractivity contribution >= 4 is 29.1 Å². The molecule has 0 amide bonds. The Hall–Kier alpha value is -0.220. The van der Waals surface area contributed by atoms with Crippen LogP contribution in [0.3, 0.4) is 0 Å². The van der Waals surface area contributed by atoms with Gasteiger partial charge >= 0.3 is 0 Å². The van der Waals surface area contributed by atoms with E-state index in [1.807, 2.05) is 0 Å². The SMILES string of the molecule is COP(C)(=S)Oc1ccc(S(C)=O)cc1. The molecule has 2 unspecified atom stereocenters. The van der Waals surface area contributed by atoms with Crippen molar-refractivity contribution in [2.24, 2.45) is 0 Å². The Kier molecular flexibility index (Phi) is 4.46. The average molecular weight is 264 g/mol. The minimum absolute atomic E-state index is 0.650. The lowest BCUT2D eigenvalue weighted by atomic mass is 10.3. The van der Waals surface area contributed by atoms with Crippen LogP contribution in [0.4, 0.5) is 0 Å². The van der Waals surface area contributed by atoms with Crippen LogP contribution < -0.4 is 4.52 Å². The zero-order chi connectivity index (χ0) is 11.5. The van der Waals surface area contributed by atoms with Gasteiger partial charge in [0.25, 0.3) is 0 Å². The molecule has 0 N–H and O–H groups in total. The molecule has 0 saturated heterocycles. The van der Waals surface area contributed by atoms with E-state index in [1.165, 1.54) is 7.11 Å². The quantitative estimate of drug-likeness (QED) is 0.782. The van der Waals surface area contributed by atoms with Crippen LogP contribution in [0.15, 0.2) is 29.2 Å². The van der Waals surface area contributed by atoms with Crippen molar-refractivity contribution in [2.75, 3.05) is 20.0 Å². The molecule has 0 bridgehead atoms. The Balaban J connectivity index is 2.82. The van der Waals surface area contributed by atoms with Gasteiger partial charge in [0.1, 0.15) is 5.75 Å². The fraction of sp³-hybridized carbons (Fsp3) is 0.333. The summed E-state index contributed by atoms with van der Waals surface area (Å²) in [5, 5.41) is 0. The molecule has 0 radical (unpaired) electrons. The smallest absolute Gasteiger partial charge is 0.234 e. The molecule has 0 fully saturated rings. The first-order valence-corrected chi connectivity index (χ1v) is 8.85. The number of benzene rings is 1. The monoisotopic (exact) mass is 264 g/mol.